The Bertz CT molecular complexity index is 1560. The number of likely N-dealkylation sites (tertiary alicyclic amines) is 1. The van der Waals surface area contributed by atoms with Crippen molar-refractivity contribution in [1.29, 1.82) is 0 Å². The highest BCUT2D eigenvalue weighted by molar-refractivity contribution is 7.22. The number of para-hydroxylation sites is 1. The number of nitrogens with zero attached hydrogens (tertiary/aromatic N) is 6. The van der Waals surface area contributed by atoms with Crippen LogP contribution in [-0.2, 0) is 4.74 Å². The highest BCUT2D eigenvalue weighted by atomic mass is 35.5. The molecule has 0 bridgehead atoms. The normalized spacial score (nSPS) is 19.6. The number of fused-ring (bicyclic) bond motifs is 2. The van der Waals surface area contributed by atoms with E-state index in [-0.39, 0.29) is 5.52 Å². The number of hydrogen-bond acceptors (Lipinski definition) is 10. The molecule has 3 aliphatic heterocycles. The van der Waals surface area contributed by atoms with Crippen LogP contribution < -0.4 is 20.9 Å². The number of piperazine rings is 1. The molecule has 210 valence electrons. The first-order chi connectivity index (χ1) is 19.5. The third kappa shape index (κ3) is 4.53. The van der Waals surface area contributed by atoms with Crippen LogP contribution in [0.1, 0.15) is 12.8 Å². The van der Waals surface area contributed by atoms with Gasteiger partial charge in [0.2, 0.25) is 5.95 Å². The van der Waals surface area contributed by atoms with Crippen molar-refractivity contribution in [3.8, 4) is 11.1 Å². The van der Waals surface area contributed by atoms with Crippen LogP contribution in [0.25, 0.3) is 32.2 Å². The summed E-state index contributed by atoms with van der Waals surface area (Å²) >= 11 is 8.19. The molecule has 3 aliphatic rings. The molecule has 3 fully saturated rings. The fourth-order valence-corrected chi connectivity index (χ4v) is 7.22. The van der Waals surface area contributed by atoms with Crippen LogP contribution in [0, 0.1) is 5.82 Å². The zero-order valence-electron chi connectivity index (χ0n) is 22.4. The number of methoxy groups -OCH3 is 1. The molecule has 0 amide bonds. The van der Waals surface area contributed by atoms with E-state index in [0.717, 1.165) is 75.7 Å². The first kappa shape index (κ1) is 26.1. The van der Waals surface area contributed by atoms with E-state index in [9.17, 15) is 0 Å². The van der Waals surface area contributed by atoms with Gasteiger partial charge in [0.15, 0.2) is 10.9 Å². The van der Waals surface area contributed by atoms with Gasteiger partial charge < -0.3 is 25.6 Å². The molecule has 0 unspecified atom stereocenters. The molecule has 0 saturated carbocycles. The monoisotopic (exact) mass is 582 g/mol. The number of aromatic nitrogens is 3. The number of ether oxygens (including phenoxy) is 1. The van der Waals surface area contributed by atoms with Gasteiger partial charge in [-0.15, -0.1) is 0 Å². The Kier molecular flexibility index (Phi) is 6.87. The number of thiazole rings is 1. The molecule has 2 aromatic heterocycles. The van der Waals surface area contributed by atoms with Gasteiger partial charge in [0.05, 0.1) is 21.3 Å². The van der Waals surface area contributed by atoms with E-state index in [1.165, 1.54) is 11.3 Å². The number of piperidine rings is 1. The summed E-state index contributed by atoms with van der Waals surface area (Å²) in [5.74, 6) is 0.835. The average Bonchev–Trinajstić information content (AvgIpc) is 3.34. The van der Waals surface area contributed by atoms with Crippen LogP contribution in [0.4, 0.5) is 21.3 Å². The quantitative estimate of drug-likeness (QED) is 0.362. The highest BCUT2D eigenvalue weighted by Crippen LogP contribution is 2.42. The number of halogens is 2. The molecular formula is C28H32ClFN8OS. The van der Waals surface area contributed by atoms with E-state index >= 15 is 4.39 Å². The maximum atomic E-state index is 16.6. The largest absolute Gasteiger partial charge is 0.381 e. The lowest BCUT2D eigenvalue weighted by molar-refractivity contribution is 0.0224. The third-order valence-corrected chi connectivity index (χ3v) is 9.59. The highest BCUT2D eigenvalue weighted by Gasteiger charge is 2.36. The molecule has 40 heavy (non-hydrogen) atoms. The maximum absolute atomic E-state index is 16.6. The Morgan fingerprint density at radius 2 is 1.82 bits per heavy atom. The number of nitrogens with one attached hydrogen (secondary N) is 1. The SMILES string of the molecule is COC1CCN(C2CN(c3nc(N4CCNCC4)c4cc(Cl)c(-c5cccc6sc(N)nc56)c(F)c4n3)C2)CC1. The Morgan fingerprint density at radius 3 is 2.58 bits per heavy atom. The Balaban J connectivity index is 1.29. The average molecular weight is 583 g/mol. The van der Waals surface area contributed by atoms with E-state index < -0.39 is 5.82 Å². The van der Waals surface area contributed by atoms with Gasteiger partial charge in [-0.05, 0) is 25.0 Å². The number of anilines is 3. The Labute approximate surface area is 241 Å². The summed E-state index contributed by atoms with van der Waals surface area (Å²) < 4.78 is 23.0. The van der Waals surface area contributed by atoms with Crippen LogP contribution >= 0.6 is 22.9 Å². The fourth-order valence-electron chi connectivity index (χ4n) is 6.17. The summed E-state index contributed by atoms with van der Waals surface area (Å²) in [4.78, 5) is 21.2. The summed E-state index contributed by atoms with van der Waals surface area (Å²) in [6.07, 6.45) is 2.46. The van der Waals surface area contributed by atoms with Crippen LogP contribution in [0.2, 0.25) is 5.02 Å². The molecule has 0 spiro atoms. The molecule has 5 heterocycles. The van der Waals surface area contributed by atoms with Gasteiger partial charge in [0, 0.05) is 82.0 Å². The first-order valence-electron chi connectivity index (χ1n) is 13.8. The maximum Gasteiger partial charge on any atom is 0.228 e. The molecule has 2 aromatic carbocycles. The minimum absolute atomic E-state index is 0.280. The van der Waals surface area contributed by atoms with Gasteiger partial charge in [-0.1, -0.05) is 35.1 Å². The third-order valence-electron chi connectivity index (χ3n) is 8.44. The predicted octanol–water partition coefficient (Wildman–Crippen LogP) is 3.99. The first-order valence-corrected chi connectivity index (χ1v) is 15.0. The van der Waals surface area contributed by atoms with Crippen molar-refractivity contribution >= 4 is 61.0 Å². The molecule has 12 heteroatoms. The van der Waals surface area contributed by atoms with E-state index in [0.29, 0.717) is 50.3 Å². The Morgan fingerprint density at radius 1 is 1.05 bits per heavy atom. The minimum atomic E-state index is -0.458. The van der Waals surface area contributed by atoms with Crippen LogP contribution in [0.15, 0.2) is 24.3 Å². The molecule has 7 rings (SSSR count). The van der Waals surface area contributed by atoms with Crippen LogP contribution in [0.5, 0.6) is 0 Å². The molecular weight excluding hydrogens is 551 g/mol. The van der Waals surface area contributed by atoms with Crippen molar-refractivity contribution in [2.75, 3.05) is 75.0 Å². The topological polar surface area (TPSA) is 95.7 Å². The molecule has 0 atom stereocenters. The predicted molar refractivity (Wildman–Crippen MR) is 160 cm³/mol. The fraction of sp³-hybridized carbons (Fsp3) is 0.464. The lowest BCUT2D eigenvalue weighted by Crippen LogP contribution is -2.61. The van der Waals surface area contributed by atoms with Crippen molar-refractivity contribution < 1.29 is 9.13 Å². The van der Waals surface area contributed by atoms with E-state index in [1.807, 2.05) is 24.3 Å². The number of hydrogen-bond donors (Lipinski definition) is 2. The molecule has 4 aromatic rings. The van der Waals surface area contributed by atoms with Crippen molar-refractivity contribution in [1.82, 2.24) is 25.2 Å². The summed E-state index contributed by atoms with van der Waals surface area (Å²) in [6, 6.07) is 7.90. The van der Waals surface area contributed by atoms with Crippen molar-refractivity contribution in [2.24, 2.45) is 0 Å². The lowest BCUT2D eigenvalue weighted by Gasteiger charge is -2.47. The minimum Gasteiger partial charge on any atom is -0.381 e. The van der Waals surface area contributed by atoms with Crippen molar-refractivity contribution in [3.63, 3.8) is 0 Å². The van der Waals surface area contributed by atoms with Crippen molar-refractivity contribution in [2.45, 2.75) is 25.0 Å². The molecule has 3 saturated heterocycles. The number of rotatable bonds is 5. The van der Waals surface area contributed by atoms with Crippen molar-refractivity contribution in [3.05, 3.63) is 35.1 Å². The van der Waals surface area contributed by atoms with Gasteiger partial charge >= 0.3 is 0 Å². The van der Waals surface area contributed by atoms with E-state index in [1.54, 1.807) is 7.11 Å². The smallest absolute Gasteiger partial charge is 0.228 e. The van der Waals surface area contributed by atoms with E-state index in [2.05, 4.69) is 25.0 Å². The summed E-state index contributed by atoms with van der Waals surface area (Å²) in [5.41, 5.74) is 7.83. The standard InChI is InChI=1S/C28H32ClFN8OS/c1-39-17-5-9-36(10-6-17)16-14-38(15-16)28-34-25-19(26(35-28)37-11-7-32-8-12-37)13-20(29)22(23(25)30)18-3-2-4-21-24(18)33-27(31)40-21/h2-4,13,16-17,32H,5-12,14-15H2,1H3,(H2,31,33). The van der Waals surface area contributed by atoms with Gasteiger partial charge in [-0.25, -0.2) is 14.4 Å². The van der Waals surface area contributed by atoms with Crippen LogP contribution in [-0.4, -0.2) is 91.5 Å². The Hall–Kier alpha value is -2.83. The summed E-state index contributed by atoms with van der Waals surface area (Å²) in [7, 11) is 1.79. The van der Waals surface area contributed by atoms with Gasteiger partial charge in [0.1, 0.15) is 11.3 Å². The van der Waals surface area contributed by atoms with Crippen LogP contribution in [0.3, 0.4) is 0 Å². The molecule has 0 radical (unpaired) electrons. The zero-order valence-corrected chi connectivity index (χ0v) is 23.9. The molecule has 9 nitrogen and oxygen atoms in total. The number of nitrogen functional groups attached to an aromatic ring is 1. The molecule has 3 N–H and O–H groups in total. The summed E-state index contributed by atoms with van der Waals surface area (Å²) in [6.45, 7) is 6.95. The van der Waals surface area contributed by atoms with Gasteiger partial charge in [0.25, 0.3) is 0 Å². The number of benzene rings is 2. The van der Waals surface area contributed by atoms with Gasteiger partial charge in [-0.2, -0.15) is 4.98 Å². The molecule has 0 aliphatic carbocycles. The number of nitrogens with two attached hydrogens (primary N) is 1. The van der Waals surface area contributed by atoms with Gasteiger partial charge in [-0.3, -0.25) is 4.90 Å². The van der Waals surface area contributed by atoms with E-state index in [4.69, 9.17) is 32.0 Å². The summed E-state index contributed by atoms with van der Waals surface area (Å²) in [5, 5.41) is 4.75. The second-order valence-electron chi connectivity index (χ2n) is 10.8. The zero-order chi connectivity index (χ0) is 27.4. The second-order valence-corrected chi connectivity index (χ2v) is 12.2. The second kappa shape index (κ2) is 10.5. The lowest BCUT2D eigenvalue weighted by atomic mass is 10.0.